The third kappa shape index (κ3) is 3.93. The normalized spacial score (nSPS) is 13.8. The first kappa shape index (κ1) is 20.7. The van der Waals surface area contributed by atoms with Crippen molar-refractivity contribution in [2.45, 2.75) is 0 Å². The van der Waals surface area contributed by atoms with Crippen LogP contribution >= 0.6 is 0 Å². The van der Waals surface area contributed by atoms with Gasteiger partial charge in [-0.3, -0.25) is 9.78 Å². The smallest absolute Gasteiger partial charge is 0.239 e. The number of nitrogens with zero attached hydrogens (tertiary/aromatic N) is 4. The maximum Gasteiger partial charge on any atom is 0.239 e. The molecule has 0 spiro atoms. The molecule has 1 aliphatic rings. The second kappa shape index (κ2) is 8.42. The van der Waals surface area contributed by atoms with Gasteiger partial charge < -0.3 is 15.0 Å². The van der Waals surface area contributed by atoms with E-state index >= 15 is 0 Å². The number of methoxy groups -OCH3 is 1. The van der Waals surface area contributed by atoms with Crippen LogP contribution in [0.25, 0.3) is 33.4 Å². The van der Waals surface area contributed by atoms with E-state index in [-0.39, 0.29) is 12.5 Å². The van der Waals surface area contributed by atoms with Crippen molar-refractivity contribution in [1.82, 2.24) is 20.3 Å². The van der Waals surface area contributed by atoms with E-state index in [1.165, 1.54) is 13.2 Å². The van der Waals surface area contributed by atoms with Crippen LogP contribution in [0, 0.1) is 11.6 Å². The molecule has 3 heterocycles. The van der Waals surface area contributed by atoms with E-state index in [4.69, 9.17) is 14.7 Å². The monoisotopic (exact) mass is 447 g/mol. The van der Waals surface area contributed by atoms with Gasteiger partial charge in [0.1, 0.15) is 17.1 Å². The zero-order chi connectivity index (χ0) is 22.9. The van der Waals surface area contributed by atoms with Crippen LogP contribution in [0.3, 0.4) is 0 Å². The number of carbonyl (C=O) groups is 1. The summed E-state index contributed by atoms with van der Waals surface area (Å²) in [5.41, 5.74) is 2.35. The molecule has 33 heavy (non-hydrogen) atoms. The average Bonchev–Trinajstić information content (AvgIpc) is 2.85. The molecular weight excluding hydrogens is 428 g/mol. The Bertz CT molecular complexity index is 1360. The summed E-state index contributed by atoms with van der Waals surface area (Å²) in [6.45, 7) is 1.17. The van der Waals surface area contributed by atoms with Gasteiger partial charge in [-0.1, -0.05) is 6.07 Å². The van der Waals surface area contributed by atoms with Crippen molar-refractivity contribution in [2.75, 3.05) is 31.6 Å². The molecule has 166 valence electrons. The van der Waals surface area contributed by atoms with Gasteiger partial charge in [0.15, 0.2) is 17.5 Å². The van der Waals surface area contributed by atoms with Crippen molar-refractivity contribution in [3.63, 3.8) is 0 Å². The molecule has 1 N–H and O–H groups in total. The number of pyridine rings is 1. The Balaban J connectivity index is 1.77. The molecule has 1 amide bonds. The second-order valence-corrected chi connectivity index (χ2v) is 7.59. The van der Waals surface area contributed by atoms with Gasteiger partial charge >= 0.3 is 0 Å². The van der Waals surface area contributed by atoms with Crippen LogP contribution in [0.15, 0.2) is 54.9 Å². The highest BCUT2D eigenvalue weighted by Crippen LogP contribution is 2.37. The molecule has 0 saturated carbocycles. The Labute approximate surface area is 188 Å². The summed E-state index contributed by atoms with van der Waals surface area (Å²) >= 11 is 0. The van der Waals surface area contributed by atoms with Gasteiger partial charge in [-0.15, -0.1) is 0 Å². The third-order valence-electron chi connectivity index (χ3n) is 5.48. The Kier molecular flexibility index (Phi) is 5.29. The second-order valence-electron chi connectivity index (χ2n) is 7.59. The van der Waals surface area contributed by atoms with Gasteiger partial charge in [0.25, 0.3) is 0 Å². The third-order valence-corrected chi connectivity index (χ3v) is 5.48. The van der Waals surface area contributed by atoms with Gasteiger partial charge in [0, 0.05) is 36.4 Å². The summed E-state index contributed by atoms with van der Waals surface area (Å²) in [5.74, 6) is -0.535. The predicted molar refractivity (Wildman–Crippen MR) is 120 cm³/mol. The summed E-state index contributed by atoms with van der Waals surface area (Å²) in [7, 11) is 1.52. The van der Waals surface area contributed by atoms with Crippen molar-refractivity contribution in [3.05, 3.63) is 66.5 Å². The van der Waals surface area contributed by atoms with Gasteiger partial charge in [-0.2, -0.15) is 0 Å². The highest BCUT2D eigenvalue weighted by molar-refractivity contribution is 5.99. The minimum atomic E-state index is -0.942. The first-order chi connectivity index (χ1) is 16.0. The zero-order valence-electron chi connectivity index (χ0n) is 17.7. The van der Waals surface area contributed by atoms with E-state index in [1.807, 2.05) is 11.0 Å². The molecule has 0 aliphatic carbocycles. The topological polar surface area (TPSA) is 80.2 Å². The predicted octanol–water partition coefficient (Wildman–Crippen LogP) is 3.58. The summed E-state index contributed by atoms with van der Waals surface area (Å²) < 4.78 is 33.0. The number of carbonyl (C=O) groups excluding carboxylic acids is 1. The average molecular weight is 447 g/mol. The van der Waals surface area contributed by atoms with Crippen LogP contribution in [0.5, 0.6) is 5.75 Å². The quantitative estimate of drug-likeness (QED) is 0.515. The molecule has 1 aliphatic heterocycles. The number of ether oxygens (including phenoxy) is 1. The number of hydrogen-bond acceptors (Lipinski definition) is 6. The van der Waals surface area contributed by atoms with E-state index < -0.39 is 11.6 Å². The van der Waals surface area contributed by atoms with Crippen molar-refractivity contribution < 1.29 is 18.3 Å². The molecule has 0 unspecified atom stereocenters. The minimum absolute atomic E-state index is 0.111. The molecule has 4 aromatic rings. The largest absolute Gasteiger partial charge is 0.494 e. The zero-order valence-corrected chi connectivity index (χ0v) is 17.7. The number of halogens is 2. The van der Waals surface area contributed by atoms with Crippen molar-refractivity contribution in [2.24, 2.45) is 0 Å². The van der Waals surface area contributed by atoms with Crippen LogP contribution in [0.1, 0.15) is 0 Å². The molecule has 1 saturated heterocycles. The first-order valence-corrected chi connectivity index (χ1v) is 10.3. The van der Waals surface area contributed by atoms with Crippen LogP contribution in [0.2, 0.25) is 0 Å². The standard InChI is InChI=1S/C24H19F2N5O2/c1-33-20-11-16(14-4-5-18(25)19(26)10-14)9-17-22(20)29-23(15-3-2-6-27-12-15)30-24(17)31-8-7-28-21(32)13-31/h2-6,9-12H,7-8,13H2,1H3,(H,28,32). The van der Waals surface area contributed by atoms with Crippen LogP contribution in [-0.4, -0.2) is 47.6 Å². The number of benzene rings is 2. The number of hydrogen-bond donors (Lipinski definition) is 1. The van der Waals surface area contributed by atoms with Crippen LogP contribution in [-0.2, 0) is 4.79 Å². The Morgan fingerprint density at radius 2 is 1.91 bits per heavy atom. The molecule has 7 nitrogen and oxygen atoms in total. The van der Waals surface area contributed by atoms with Crippen molar-refractivity contribution in [3.8, 4) is 28.3 Å². The number of nitrogens with one attached hydrogen (secondary N) is 1. The fourth-order valence-electron chi connectivity index (χ4n) is 3.87. The number of anilines is 1. The van der Waals surface area contributed by atoms with Crippen molar-refractivity contribution >= 4 is 22.6 Å². The molecule has 2 aromatic heterocycles. The lowest BCUT2D eigenvalue weighted by Gasteiger charge is -2.29. The lowest BCUT2D eigenvalue weighted by molar-refractivity contribution is -0.120. The van der Waals surface area contributed by atoms with E-state index in [2.05, 4.69) is 10.3 Å². The molecule has 0 radical (unpaired) electrons. The maximum absolute atomic E-state index is 13.9. The number of amides is 1. The Morgan fingerprint density at radius 3 is 2.64 bits per heavy atom. The van der Waals surface area contributed by atoms with Gasteiger partial charge in [-0.05, 0) is 47.5 Å². The number of fused-ring (bicyclic) bond motifs is 1. The fourth-order valence-corrected chi connectivity index (χ4v) is 3.87. The number of rotatable bonds is 4. The van der Waals surface area contributed by atoms with Crippen LogP contribution < -0.4 is 15.0 Å². The summed E-state index contributed by atoms with van der Waals surface area (Å²) in [4.78, 5) is 27.6. The first-order valence-electron chi connectivity index (χ1n) is 10.3. The molecule has 0 atom stereocenters. The van der Waals surface area contributed by atoms with Crippen LogP contribution in [0.4, 0.5) is 14.6 Å². The highest BCUT2D eigenvalue weighted by Gasteiger charge is 2.23. The van der Waals surface area contributed by atoms with Crippen molar-refractivity contribution in [1.29, 1.82) is 0 Å². The van der Waals surface area contributed by atoms with E-state index in [0.29, 0.717) is 58.1 Å². The molecule has 2 aromatic carbocycles. The molecular formula is C24H19F2N5O2. The molecule has 0 bridgehead atoms. The number of aromatic nitrogens is 3. The van der Waals surface area contributed by atoms with Gasteiger partial charge in [-0.25, -0.2) is 18.7 Å². The Morgan fingerprint density at radius 1 is 1.03 bits per heavy atom. The molecule has 5 rings (SSSR count). The van der Waals surface area contributed by atoms with E-state index in [1.54, 1.807) is 30.6 Å². The SMILES string of the molecule is COc1cc(-c2ccc(F)c(F)c2)cc2c(N3CCNC(=O)C3)nc(-c3cccnc3)nc12. The molecule has 1 fully saturated rings. The minimum Gasteiger partial charge on any atom is -0.494 e. The lowest BCUT2D eigenvalue weighted by Crippen LogP contribution is -2.48. The summed E-state index contributed by atoms with van der Waals surface area (Å²) in [5, 5.41) is 3.45. The molecule has 9 heteroatoms. The fraction of sp³-hybridized carbons (Fsp3) is 0.167. The highest BCUT2D eigenvalue weighted by atomic mass is 19.2. The summed E-state index contributed by atoms with van der Waals surface area (Å²) in [6.07, 6.45) is 3.32. The lowest BCUT2D eigenvalue weighted by atomic mass is 10.0. The van der Waals surface area contributed by atoms with E-state index in [0.717, 1.165) is 12.1 Å². The van der Waals surface area contributed by atoms with E-state index in [9.17, 15) is 13.6 Å². The Hall–Kier alpha value is -4.14. The summed E-state index contributed by atoms with van der Waals surface area (Å²) in [6, 6.07) is 10.9. The van der Waals surface area contributed by atoms with Gasteiger partial charge in [0.2, 0.25) is 5.91 Å². The maximum atomic E-state index is 13.9. The van der Waals surface area contributed by atoms with Gasteiger partial charge in [0.05, 0.1) is 13.7 Å². The number of piperazine rings is 1.